The normalized spacial score (nSPS) is 19.4. The lowest BCUT2D eigenvalue weighted by Crippen LogP contribution is -2.58. The molecule has 11 nitrogen and oxygen atoms in total. The molecule has 2 aliphatic rings. The highest BCUT2D eigenvalue weighted by Crippen LogP contribution is 2.19. The number of amides is 3. The van der Waals surface area contributed by atoms with Crippen molar-refractivity contribution in [1.29, 1.82) is 0 Å². The highest BCUT2D eigenvalue weighted by atomic mass is 16.2. The largest absolute Gasteiger partial charge is 0.354 e. The van der Waals surface area contributed by atoms with Gasteiger partial charge in [0.05, 0.1) is 11.2 Å². The number of hydrogen-bond donors (Lipinski definition) is 3. The van der Waals surface area contributed by atoms with E-state index in [1.165, 1.54) is 10.1 Å². The quantitative estimate of drug-likeness (QED) is 0.487. The maximum absolute atomic E-state index is 12.7. The summed E-state index contributed by atoms with van der Waals surface area (Å²) in [5.74, 6) is 0.623. The number of aromatic nitrogens is 2. The van der Waals surface area contributed by atoms with Crippen molar-refractivity contribution < 1.29 is 9.59 Å². The first kappa shape index (κ1) is 27.7. The molecule has 2 fully saturated rings. The third-order valence-electron chi connectivity index (χ3n) is 7.43. The molecule has 2 aliphatic heterocycles. The van der Waals surface area contributed by atoms with Crippen LogP contribution in [0.15, 0.2) is 41.3 Å². The monoisotopic (exact) mass is 524 g/mol. The number of piperazine rings is 1. The summed E-state index contributed by atoms with van der Waals surface area (Å²) in [7, 11) is 0. The Bertz CT molecular complexity index is 1180. The first-order chi connectivity index (χ1) is 18.0. The van der Waals surface area contributed by atoms with Crippen LogP contribution in [-0.4, -0.2) is 93.6 Å². The van der Waals surface area contributed by atoms with E-state index in [2.05, 4.69) is 22.1 Å². The standard InChI is InChI=1S/C27H40N8O3/c1-19(28)21-9-12-32(18-21)11-8-20-4-6-22(7-5-20)35-13-10-23(31-26(35)38)30-25(37)34-16-14-33(15-17-34)24(36)27(2,3)29/h4-7,10,13,19,21H,8-9,11-12,14-18,28-29H2,1-3H3,(H,30,31,37,38)/t19?,21-/m1/s1. The summed E-state index contributed by atoms with van der Waals surface area (Å²) in [4.78, 5) is 47.5. The molecular weight excluding hydrogens is 484 g/mol. The molecule has 1 aromatic heterocycles. The van der Waals surface area contributed by atoms with Crippen LogP contribution in [0.5, 0.6) is 0 Å². The van der Waals surface area contributed by atoms with Gasteiger partial charge in [-0.1, -0.05) is 12.1 Å². The van der Waals surface area contributed by atoms with Crippen LogP contribution in [-0.2, 0) is 11.2 Å². The van der Waals surface area contributed by atoms with E-state index in [1.54, 1.807) is 35.9 Å². The fourth-order valence-corrected chi connectivity index (χ4v) is 4.98. The number of nitrogens with two attached hydrogens (primary N) is 2. The molecule has 1 unspecified atom stereocenters. The van der Waals surface area contributed by atoms with Crippen LogP contribution in [0.25, 0.3) is 5.69 Å². The van der Waals surface area contributed by atoms with Crippen molar-refractivity contribution in [3.05, 3.63) is 52.6 Å². The molecule has 0 saturated carbocycles. The molecule has 0 spiro atoms. The highest BCUT2D eigenvalue weighted by Gasteiger charge is 2.31. The molecule has 0 bridgehead atoms. The summed E-state index contributed by atoms with van der Waals surface area (Å²) in [6, 6.07) is 9.38. The van der Waals surface area contributed by atoms with Crippen LogP contribution in [0.4, 0.5) is 10.6 Å². The zero-order valence-electron chi connectivity index (χ0n) is 22.6. The Morgan fingerprint density at radius 2 is 1.74 bits per heavy atom. The lowest BCUT2D eigenvalue weighted by molar-refractivity contribution is -0.137. The predicted molar refractivity (Wildman–Crippen MR) is 147 cm³/mol. The minimum atomic E-state index is -0.945. The molecule has 38 heavy (non-hydrogen) atoms. The molecule has 5 N–H and O–H groups in total. The van der Waals surface area contributed by atoms with Gasteiger partial charge in [0.1, 0.15) is 5.82 Å². The number of hydrogen-bond acceptors (Lipinski definition) is 7. The van der Waals surface area contributed by atoms with Crippen molar-refractivity contribution in [2.24, 2.45) is 17.4 Å². The molecule has 2 saturated heterocycles. The minimum Gasteiger partial charge on any atom is -0.338 e. The third kappa shape index (κ3) is 6.77. The molecule has 206 valence electrons. The Labute approximate surface area is 223 Å². The summed E-state index contributed by atoms with van der Waals surface area (Å²) in [6.45, 7) is 10.1. The predicted octanol–water partition coefficient (Wildman–Crippen LogP) is 0.858. The summed E-state index contributed by atoms with van der Waals surface area (Å²) in [5, 5.41) is 2.69. The van der Waals surface area contributed by atoms with Gasteiger partial charge in [0.15, 0.2) is 0 Å². The SMILES string of the molecule is CC(N)[C@@H]1CCN(CCc2ccc(-n3ccc(NC(=O)N4CCN(C(=O)C(C)(C)N)CC4)nc3=O)cc2)C1. The fraction of sp³-hybridized carbons (Fsp3) is 0.556. The van der Waals surface area contributed by atoms with Crippen LogP contribution >= 0.6 is 0 Å². The van der Waals surface area contributed by atoms with Crippen LogP contribution in [0, 0.1) is 5.92 Å². The first-order valence-electron chi connectivity index (χ1n) is 13.3. The number of nitrogens with one attached hydrogen (secondary N) is 1. The van der Waals surface area contributed by atoms with Gasteiger partial charge in [0, 0.05) is 51.5 Å². The summed E-state index contributed by atoms with van der Waals surface area (Å²) in [6.07, 6.45) is 3.71. The number of benzene rings is 1. The van der Waals surface area contributed by atoms with Crippen molar-refractivity contribution in [2.75, 3.05) is 51.1 Å². The number of carbonyl (C=O) groups excluding carboxylic acids is 2. The van der Waals surface area contributed by atoms with Gasteiger partial charge in [0.2, 0.25) is 5.91 Å². The first-order valence-corrected chi connectivity index (χ1v) is 13.3. The average Bonchev–Trinajstić information content (AvgIpc) is 3.37. The van der Waals surface area contributed by atoms with Crippen LogP contribution in [0.1, 0.15) is 32.8 Å². The number of urea groups is 1. The van der Waals surface area contributed by atoms with E-state index in [4.69, 9.17) is 11.5 Å². The van der Waals surface area contributed by atoms with Crippen LogP contribution in [0.3, 0.4) is 0 Å². The molecule has 1 aromatic carbocycles. The summed E-state index contributed by atoms with van der Waals surface area (Å²) >= 11 is 0. The Hall–Kier alpha value is -3.28. The highest BCUT2D eigenvalue weighted by molar-refractivity contribution is 5.89. The lowest BCUT2D eigenvalue weighted by Gasteiger charge is -2.37. The molecule has 3 amide bonds. The van der Waals surface area contributed by atoms with E-state index in [-0.39, 0.29) is 23.8 Å². The number of carbonyl (C=O) groups is 2. The van der Waals surface area contributed by atoms with Gasteiger partial charge in [0.25, 0.3) is 0 Å². The smallest absolute Gasteiger partial charge is 0.338 e. The second-order valence-corrected chi connectivity index (χ2v) is 11.0. The van der Waals surface area contributed by atoms with E-state index in [9.17, 15) is 14.4 Å². The molecule has 0 aliphatic carbocycles. The number of nitrogens with zero attached hydrogens (tertiary/aromatic N) is 5. The number of likely N-dealkylation sites (tertiary alicyclic amines) is 1. The van der Waals surface area contributed by atoms with Gasteiger partial charge in [-0.3, -0.25) is 14.7 Å². The molecule has 0 radical (unpaired) electrons. The maximum Gasteiger partial charge on any atom is 0.354 e. The van der Waals surface area contributed by atoms with Gasteiger partial charge in [-0.25, -0.2) is 9.59 Å². The molecular formula is C27H40N8O3. The van der Waals surface area contributed by atoms with Crippen molar-refractivity contribution in [3.63, 3.8) is 0 Å². The topological polar surface area (TPSA) is 143 Å². The Balaban J connectivity index is 1.29. The van der Waals surface area contributed by atoms with Gasteiger partial charge >= 0.3 is 11.7 Å². The number of anilines is 1. The van der Waals surface area contributed by atoms with Crippen molar-refractivity contribution in [1.82, 2.24) is 24.3 Å². The Kier molecular flexibility index (Phi) is 8.49. The van der Waals surface area contributed by atoms with Gasteiger partial charge < -0.3 is 26.2 Å². The Morgan fingerprint density at radius 3 is 2.32 bits per heavy atom. The molecule has 11 heteroatoms. The maximum atomic E-state index is 12.7. The molecule has 2 aromatic rings. The summed E-state index contributed by atoms with van der Waals surface area (Å²) in [5.41, 5.74) is 12.4. The van der Waals surface area contributed by atoms with E-state index in [0.717, 1.165) is 32.5 Å². The van der Waals surface area contributed by atoms with Crippen LogP contribution < -0.4 is 22.5 Å². The zero-order chi connectivity index (χ0) is 27.4. The molecule has 2 atom stereocenters. The molecule has 3 heterocycles. The fourth-order valence-electron chi connectivity index (χ4n) is 4.98. The van der Waals surface area contributed by atoms with Gasteiger partial charge in [-0.05, 0) is 69.8 Å². The van der Waals surface area contributed by atoms with E-state index in [1.807, 2.05) is 24.3 Å². The van der Waals surface area contributed by atoms with E-state index < -0.39 is 11.2 Å². The number of rotatable bonds is 7. The molecule has 4 rings (SSSR count). The second-order valence-electron chi connectivity index (χ2n) is 11.0. The van der Waals surface area contributed by atoms with Gasteiger partial charge in [-0.15, -0.1) is 0 Å². The lowest BCUT2D eigenvalue weighted by atomic mass is 10.0. The average molecular weight is 525 g/mol. The second kappa shape index (κ2) is 11.6. The van der Waals surface area contributed by atoms with E-state index >= 15 is 0 Å². The van der Waals surface area contributed by atoms with Crippen LogP contribution in [0.2, 0.25) is 0 Å². The van der Waals surface area contributed by atoms with Crippen molar-refractivity contribution in [2.45, 2.75) is 45.2 Å². The summed E-state index contributed by atoms with van der Waals surface area (Å²) < 4.78 is 1.45. The minimum absolute atomic E-state index is 0.141. The van der Waals surface area contributed by atoms with E-state index in [0.29, 0.717) is 37.8 Å². The Morgan fingerprint density at radius 1 is 1.08 bits per heavy atom. The van der Waals surface area contributed by atoms with Gasteiger partial charge in [-0.2, -0.15) is 4.98 Å². The van der Waals surface area contributed by atoms with Crippen molar-refractivity contribution in [3.8, 4) is 5.69 Å². The van der Waals surface area contributed by atoms with Crippen molar-refractivity contribution >= 4 is 17.8 Å². The third-order valence-corrected chi connectivity index (χ3v) is 7.43. The zero-order valence-corrected chi connectivity index (χ0v) is 22.6.